The monoisotopic (exact) mass is 366 g/mol. The van der Waals surface area contributed by atoms with Gasteiger partial charge in [0, 0.05) is 45.0 Å². The largest absolute Gasteiger partial charge is 0.353 e. The van der Waals surface area contributed by atoms with Crippen LogP contribution in [0.4, 0.5) is 11.5 Å². The number of benzene rings is 1. The van der Waals surface area contributed by atoms with E-state index in [9.17, 15) is 9.59 Å². The van der Waals surface area contributed by atoms with Crippen LogP contribution < -0.4 is 9.80 Å². The van der Waals surface area contributed by atoms with Gasteiger partial charge in [0.1, 0.15) is 12.4 Å². The highest BCUT2D eigenvalue weighted by molar-refractivity contribution is 5.97. The Labute approximate surface area is 160 Å². The third-order valence-corrected chi connectivity index (χ3v) is 5.08. The molecule has 1 aliphatic heterocycles. The first-order chi connectivity index (χ1) is 13.0. The first-order valence-electron chi connectivity index (χ1n) is 9.25. The topological polar surface area (TPSA) is 56.8 Å². The predicted molar refractivity (Wildman–Crippen MR) is 107 cm³/mol. The lowest BCUT2D eigenvalue weighted by molar-refractivity contribution is -0.131. The van der Waals surface area contributed by atoms with E-state index in [1.165, 1.54) is 12.5 Å². The molecule has 0 radical (unpaired) electrons. The van der Waals surface area contributed by atoms with Crippen LogP contribution >= 0.6 is 0 Å². The minimum atomic E-state index is -0.126. The number of pyridine rings is 1. The molecule has 3 rings (SSSR count). The second kappa shape index (κ2) is 8.20. The van der Waals surface area contributed by atoms with Crippen molar-refractivity contribution in [3.63, 3.8) is 0 Å². The van der Waals surface area contributed by atoms with Gasteiger partial charge in [-0.15, -0.1) is 0 Å². The van der Waals surface area contributed by atoms with Gasteiger partial charge in [0.15, 0.2) is 0 Å². The molecule has 2 amide bonds. The zero-order valence-corrected chi connectivity index (χ0v) is 16.2. The number of hydrogen-bond acceptors (Lipinski definition) is 4. The number of piperazine rings is 1. The Bertz CT molecular complexity index is 814. The molecule has 0 saturated carbocycles. The first-order valence-corrected chi connectivity index (χ1v) is 9.25. The third kappa shape index (κ3) is 4.45. The molecule has 2 heterocycles. The van der Waals surface area contributed by atoms with E-state index < -0.39 is 0 Å². The van der Waals surface area contributed by atoms with Crippen LogP contribution in [-0.2, 0) is 9.59 Å². The second-order valence-electron chi connectivity index (χ2n) is 6.93. The number of amides is 2. The summed E-state index contributed by atoms with van der Waals surface area (Å²) in [6, 6.07) is 11.7. The summed E-state index contributed by atoms with van der Waals surface area (Å²) in [5.74, 6) is 0.785. The molecule has 0 aliphatic carbocycles. The maximum atomic E-state index is 12.8. The Kier molecular flexibility index (Phi) is 5.74. The van der Waals surface area contributed by atoms with Gasteiger partial charge in [-0.1, -0.05) is 12.1 Å². The molecule has 1 fully saturated rings. The van der Waals surface area contributed by atoms with Gasteiger partial charge in [0.2, 0.25) is 11.8 Å². The molecule has 6 heteroatoms. The molecule has 142 valence electrons. The number of aromatic nitrogens is 1. The van der Waals surface area contributed by atoms with Crippen molar-refractivity contribution in [2.75, 3.05) is 42.5 Å². The zero-order chi connectivity index (χ0) is 19.4. The van der Waals surface area contributed by atoms with Gasteiger partial charge < -0.3 is 14.7 Å². The van der Waals surface area contributed by atoms with E-state index in [1.807, 2.05) is 55.1 Å². The van der Waals surface area contributed by atoms with Crippen molar-refractivity contribution in [2.24, 2.45) is 0 Å². The van der Waals surface area contributed by atoms with Gasteiger partial charge in [0.25, 0.3) is 0 Å². The fourth-order valence-electron chi connectivity index (χ4n) is 3.24. The zero-order valence-electron chi connectivity index (χ0n) is 16.2. The Morgan fingerprint density at radius 1 is 1.04 bits per heavy atom. The molecule has 0 atom stereocenters. The first kappa shape index (κ1) is 18.9. The number of aryl methyl sites for hydroxylation is 2. The van der Waals surface area contributed by atoms with Crippen molar-refractivity contribution in [1.29, 1.82) is 0 Å². The van der Waals surface area contributed by atoms with E-state index in [0.29, 0.717) is 13.1 Å². The lowest BCUT2D eigenvalue weighted by Crippen LogP contribution is -2.52. The Morgan fingerprint density at radius 3 is 2.37 bits per heavy atom. The Hall–Kier alpha value is -2.89. The molecule has 1 saturated heterocycles. The normalized spacial score (nSPS) is 14.2. The quantitative estimate of drug-likeness (QED) is 0.834. The van der Waals surface area contributed by atoms with Gasteiger partial charge in [0.05, 0.1) is 0 Å². The van der Waals surface area contributed by atoms with Crippen molar-refractivity contribution in [3.8, 4) is 0 Å². The fraction of sp³-hybridized carbons (Fsp3) is 0.381. The van der Waals surface area contributed by atoms with E-state index in [4.69, 9.17) is 0 Å². The van der Waals surface area contributed by atoms with Gasteiger partial charge in [-0.25, -0.2) is 4.98 Å². The highest BCUT2D eigenvalue weighted by Crippen LogP contribution is 2.20. The fourth-order valence-corrected chi connectivity index (χ4v) is 3.24. The minimum absolute atomic E-state index is 0.0240. The van der Waals surface area contributed by atoms with Crippen LogP contribution in [0.1, 0.15) is 18.1 Å². The maximum absolute atomic E-state index is 12.8. The number of rotatable bonds is 4. The molecule has 1 aliphatic rings. The summed E-state index contributed by atoms with van der Waals surface area (Å²) < 4.78 is 0. The summed E-state index contributed by atoms with van der Waals surface area (Å²) in [7, 11) is 0. The average molecular weight is 366 g/mol. The summed E-state index contributed by atoms with van der Waals surface area (Å²) in [4.78, 5) is 34.8. The Morgan fingerprint density at radius 2 is 1.78 bits per heavy atom. The highest BCUT2D eigenvalue weighted by atomic mass is 16.2. The molecule has 2 aromatic rings. The second-order valence-corrected chi connectivity index (χ2v) is 6.93. The van der Waals surface area contributed by atoms with E-state index in [2.05, 4.69) is 9.88 Å². The summed E-state index contributed by atoms with van der Waals surface area (Å²) >= 11 is 0. The van der Waals surface area contributed by atoms with Crippen LogP contribution in [0.25, 0.3) is 0 Å². The molecule has 1 aromatic heterocycles. The standard InChI is InChI=1S/C21H26N4O2/c1-16-7-8-19(14-17(16)2)25(18(3)26)15-21(27)24-12-10-23(11-13-24)20-6-4-5-9-22-20/h4-9,14H,10-13,15H2,1-3H3. The van der Waals surface area contributed by atoms with E-state index in [1.54, 1.807) is 11.1 Å². The van der Waals surface area contributed by atoms with Crippen molar-refractivity contribution in [1.82, 2.24) is 9.88 Å². The summed E-state index contributed by atoms with van der Waals surface area (Å²) in [5.41, 5.74) is 3.04. The van der Waals surface area contributed by atoms with E-state index >= 15 is 0 Å². The molecular formula is C21H26N4O2. The third-order valence-electron chi connectivity index (χ3n) is 5.08. The molecule has 0 spiro atoms. The van der Waals surface area contributed by atoms with Crippen LogP contribution in [0.3, 0.4) is 0 Å². The lowest BCUT2D eigenvalue weighted by atomic mass is 10.1. The lowest BCUT2D eigenvalue weighted by Gasteiger charge is -2.36. The van der Waals surface area contributed by atoms with Crippen molar-refractivity contribution in [3.05, 3.63) is 53.7 Å². The molecule has 0 N–H and O–H groups in total. The van der Waals surface area contributed by atoms with Gasteiger partial charge in [-0.2, -0.15) is 0 Å². The molecule has 6 nitrogen and oxygen atoms in total. The van der Waals surface area contributed by atoms with Gasteiger partial charge in [-0.3, -0.25) is 9.59 Å². The molecule has 0 unspecified atom stereocenters. The van der Waals surface area contributed by atoms with E-state index in [0.717, 1.165) is 30.2 Å². The Balaban J connectivity index is 1.63. The number of anilines is 2. The predicted octanol–water partition coefficient (Wildman–Crippen LogP) is 2.40. The molecule has 0 bridgehead atoms. The number of hydrogen-bond donors (Lipinski definition) is 0. The maximum Gasteiger partial charge on any atom is 0.242 e. The van der Waals surface area contributed by atoms with Crippen molar-refractivity contribution >= 4 is 23.3 Å². The minimum Gasteiger partial charge on any atom is -0.353 e. The smallest absolute Gasteiger partial charge is 0.242 e. The van der Waals surface area contributed by atoms with Crippen LogP contribution in [-0.4, -0.2) is 54.4 Å². The van der Waals surface area contributed by atoms with Crippen LogP contribution in [0.5, 0.6) is 0 Å². The molecule has 1 aromatic carbocycles. The highest BCUT2D eigenvalue weighted by Gasteiger charge is 2.25. The number of carbonyl (C=O) groups is 2. The summed E-state index contributed by atoms with van der Waals surface area (Å²) in [5, 5.41) is 0. The molecule has 27 heavy (non-hydrogen) atoms. The SMILES string of the molecule is CC(=O)N(CC(=O)N1CCN(c2ccccn2)CC1)c1ccc(C)c(C)c1. The van der Waals surface area contributed by atoms with Crippen LogP contribution in [0, 0.1) is 13.8 Å². The van der Waals surface area contributed by atoms with Gasteiger partial charge in [-0.05, 0) is 49.2 Å². The summed E-state index contributed by atoms with van der Waals surface area (Å²) in [6.07, 6.45) is 1.78. The number of nitrogens with zero attached hydrogens (tertiary/aromatic N) is 4. The number of carbonyl (C=O) groups excluding carboxylic acids is 2. The van der Waals surface area contributed by atoms with Gasteiger partial charge >= 0.3 is 0 Å². The van der Waals surface area contributed by atoms with Crippen molar-refractivity contribution in [2.45, 2.75) is 20.8 Å². The van der Waals surface area contributed by atoms with Crippen LogP contribution in [0.2, 0.25) is 0 Å². The van der Waals surface area contributed by atoms with Crippen LogP contribution in [0.15, 0.2) is 42.6 Å². The van der Waals surface area contributed by atoms with Crippen molar-refractivity contribution < 1.29 is 9.59 Å². The van der Waals surface area contributed by atoms with E-state index in [-0.39, 0.29) is 18.4 Å². The average Bonchev–Trinajstić information content (AvgIpc) is 2.69. The summed E-state index contributed by atoms with van der Waals surface area (Å²) in [6.45, 7) is 8.36. The molecular weight excluding hydrogens is 340 g/mol.